The highest BCUT2D eigenvalue weighted by Gasteiger charge is 2.74. The van der Waals surface area contributed by atoms with E-state index >= 15 is 14.4 Å². The number of aromatic nitrogens is 1. The molecule has 5 aromatic carbocycles. The lowest BCUT2D eigenvalue weighted by atomic mass is 9.65. The van der Waals surface area contributed by atoms with E-state index in [-0.39, 0.29) is 5.75 Å². The number of cyclic esters (lactones) is 1. The number of esters is 1. The average Bonchev–Trinajstić information content (AvgIpc) is 3.91. The Morgan fingerprint density at radius 1 is 0.845 bits per heavy atom. The number of para-hydroxylation sites is 1. The number of fused-ring (bicyclic) bond motifs is 4. The van der Waals surface area contributed by atoms with Crippen LogP contribution in [-0.2, 0) is 24.5 Å². The van der Waals surface area contributed by atoms with Gasteiger partial charge in [0.15, 0.2) is 5.13 Å². The van der Waals surface area contributed by atoms with Crippen LogP contribution in [0.15, 0.2) is 139 Å². The van der Waals surface area contributed by atoms with Crippen molar-refractivity contribution in [1.29, 1.82) is 0 Å². The maximum absolute atomic E-state index is 15.4. The molecule has 1 aromatic heterocycles. The molecule has 0 radical (unpaired) electrons. The average molecular weight is 783 g/mol. The molecule has 6 aromatic rings. The number of benzene rings is 5. The Morgan fingerprint density at radius 2 is 1.59 bits per heavy atom. The van der Waals surface area contributed by atoms with E-state index in [1.807, 2.05) is 108 Å². The number of hydrogen-bond acceptors (Lipinski definition) is 8. The standard InChI is InChI=1S/C48H38N4O5S/c53-34-25-23-33(24-26-34)43-48(35-28-30(22-27-36(35)49-46(48)56)21-20-29-12-4-1-5-13-29)39(44(54)51-47-50-37-18-10-11-19-38(37)58-47)41-45(55)57-42(32-16-8-3-9-17-32)40(52(41)43)31-14-6-2-7-15-31/h2-3,6-12,14-19,22-28,39-43,53H,1,4-5,13H2,(H,49,56)(H,50,51,54). The number of nitrogens with zero attached hydrogens (tertiary/aromatic N) is 2. The molecule has 2 saturated heterocycles. The van der Waals surface area contributed by atoms with E-state index in [9.17, 15) is 5.11 Å². The Labute approximate surface area is 339 Å². The van der Waals surface area contributed by atoms with Crippen molar-refractivity contribution in [3.63, 3.8) is 0 Å². The van der Waals surface area contributed by atoms with E-state index in [2.05, 4.69) is 28.6 Å². The summed E-state index contributed by atoms with van der Waals surface area (Å²) in [5.74, 6) is 3.88. The van der Waals surface area contributed by atoms with Crippen molar-refractivity contribution < 1.29 is 24.2 Å². The zero-order chi connectivity index (χ0) is 39.4. The lowest BCUT2D eigenvalue weighted by Gasteiger charge is -2.46. The number of amides is 2. The fraction of sp³-hybridized carbons (Fsp3) is 0.208. The summed E-state index contributed by atoms with van der Waals surface area (Å²) < 4.78 is 7.40. The molecule has 1 aliphatic carbocycles. The van der Waals surface area contributed by atoms with Gasteiger partial charge in [-0.15, -0.1) is 0 Å². The zero-order valence-electron chi connectivity index (χ0n) is 31.3. The predicted octanol–water partition coefficient (Wildman–Crippen LogP) is 8.76. The van der Waals surface area contributed by atoms with Crippen LogP contribution in [0, 0.1) is 17.8 Å². The van der Waals surface area contributed by atoms with E-state index < -0.39 is 53.3 Å². The topological polar surface area (TPSA) is 121 Å². The summed E-state index contributed by atoms with van der Waals surface area (Å²) in [5, 5.41) is 17.1. The normalized spacial score (nSPS) is 24.9. The lowest BCUT2D eigenvalue weighted by Crippen LogP contribution is -2.53. The summed E-state index contributed by atoms with van der Waals surface area (Å²) in [6.07, 6.45) is 5.55. The van der Waals surface area contributed by atoms with Gasteiger partial charge in [0.2, 0.25) is 11.8 Å². The van der Waals surface area contributed by atoms with Crippen LogP contribution in [0.5, 0.6) is 5.75 Å². The highest BCUT2D eigenvalue weighted by atomic mass is 32.1. The highest BCUT2D eigenvalue weighted by Crippen LogP contribution is 2.65. The number of allylic oxidation sites excluding steroid dienone is 2. The number of ether oxygens (including phenoxy) is 1. The van der Waals surface area contributed by atoms with Crippen LogP contribution in [0.1, 0.15) is 71.7 Å². The molecule has 10 rings (SSSR count). The second kappa shape index (κ2) is 14.4. The summed E-state index contributed by atoms with van der Waals surface area (Å²) >= 11 is 1.32. The molecule has 6 unspecified atom stereocenters. The van der Waals surface area contributed by atoms with Crippen molar-refractivity contribution in [2.24, 2.45) is 5.92 Å². The fourth-order valence-electron chi connectivity index (χ4n) is 9.54. The third-order valence-electron chi connectivity index (χ3n) is 12.0. The Kier molecular flexibility index (Phi) is 8.92. The molecule has 58 heavy (non-hydrogen) atoms. The predicted molar refractivity (Wildman–Crippen MR) is 223 cm³/mol. The number of hydrogen-bond donors (Lipinski definition) is 3. The first-order chi connectivity index (χ1) is 28.4. The molecule has 1 spiro atoms. The molecule has 3 aliphatic heterocycles. The number of morpholine rings is 1. The minimum atomic E-state index is -1.68. The molecule has 6 atom stereocenters. The van der Waals surface area contributed by atoms with Gasteiger partial charge in [-0.3, -0.25) is 19.3 Å². The van der Waals surface area contributed by atoms with Crippen molar-refractivity contribution >= 4 is 50.2 Å². The summed E-state index contributed by atoms with van der Waals surface area (Å²) in [6, 6.07) is 36.5. The molecule has 0 saturated carbocycles. The van der Waals surface area contributed by atoms with E-state index in [0.717, 1.165) is 52.6 Å². The minimum Gasteiger partial charge on any atom is -0.508 e. The van der Waals surface area contributed by atoms with Crippen molar-refractivity contribution in [2.75, 3.05) is 10.6 Å². The molecule has 4 heterocycles. The number of phenolic OH excluding ortho intramolecular Hbond substituents is 1. The number of rotatable bonds is 5. The van der Waals surface area contributed by atoms with E-state index in [4.69, 9.17) is 9.72 Å². The number of phenols is 1. The van der Waals surface area contributed by atoms with Crippen LogP contribution >= 0.6 is 11.3 Å². The number of thiazole rings is 1. The maximum Gasteiger partial charge on any atom is 0.324 e. The van der Waals surface area contributed by atoms with Crippen LogP contribution in [0.2, 0.25) is 0 Å². The SMILES string of the molecule is O=C1OC(c2ccccc2)C(c2ccccc2)N2C1C(C(=O)Nc1nc3ccccc3s1)C1(C(=O)Nc3ccc(C#CC4=CCCCC4)cc31)C2c1ccc(O)cc1. The summed E-state index contributed by atoms with van der Waals surface area (Å²) in [5.41, 5.74) is 4.18. The van der Waals surface area contributed by atoms with Gasteiger partial charge in [-0.25, -0.2) is 4.98 Å². The van der Waals surface area contributed by atoms with Crippen LogP contribution in [-0.4, -0.2) is 38.8 Å². The molecular weight excluding hydrogens is 745 g/mol. The van der Waals surface area contributed by atoms with Crippen molar-refractivity contribution in [1.82, 2.24) is 9.88 Å². The fourth-order valence-corrected chi connectivity index (χ4v) is 10.4. The van der Waals surface area contributed by atoms with Gasteiger partial charge >= 0.3 is 5.97 Å². The Balaban J connectivity index is 1.23. The number of anilines is 2. The maximum atomic E-state index is 15.4. The van der Waals surface area contributed by atoms with Crippen molar-refractivity contribution in [3.8, 4) is 17.6 Å². The molecule has 9 nitrogen and oxygen atoms in total. The second-order valence-corrected chi connectivity index (χ2v) is 16.3. The van der Waals surface area contributed by atoms with Gasteiger partial charge in [0.25, 0.3) is 0 Å². The van der Waals surface area contributed by atoms with Gasteiger partial charge in [-0.05, 0) is 96.0 Å². The van der Waals surface area contributed by atoms with Gasteiger partial charge in [-0.1, -0.05) is 114 Å². The lowest BCUT2D eigenvalue weighted by molar-refractivity contribution is -0.177. The van der Waals surface area contributed by atoms with Crippen molar-refractivity contribution in [2.45, 2.75) is 55.3 Å². The third kappa shape index (κ3) is 5.89. The first-order valence-corrected chi connectivity index (χ1v) is 20.4. The molecule has 3 N–H and O–H groups in total. The Bertz CT molecular complexity index is 2650. The largest absolute Gasteiger partial charge is 0.508 e. The van der Waals surface area contributed by atoms with E-state index in [0.29, 0.717) is 27.5 Å². The minimum absolute atomic E-state index is 0.0446. The Morgan fingerprint density at radius 3 is 2.33 bits per heavy atom. The van der Waals surface area contributed by atoms with Crippen LogP contribution < -0.4 is 10.6 Å². The highest BCUT2D eigenvalue weighted by molar-refractivity contribution is 7.22. The first kappa shape index (κ1) is 35.8. The smallest absolute Gasteiger partial charge is 0.324 e. The van der Waals surface area contributed by atoms with Crippen LogP contribution in [0.3, 0.4) is 0 Å². The van der Waals surface area contributed by atoms with Gasteiger partial charge in [-0.2, -0.15) is 0 Å². The van der Waals surface area contributed by atoms with Gasteiger partial charge < -0.3 is 20.5 Å². The summed E-state index contributed by atoms with van der Waals surface area (Å²) in [4.78, 5) is 52.6. The molecule has 2 fully saturated rings. The number of carbonyl (C=O) groups excluding carboxylic acids is 3. The summed E-state index contributed by atoms with van der Waals surface area (Å²) in [6.45, 7) is 0. The third-order valence-corrected chi connectivity index (χ3v) is 12.9. The molecule has 4 aliphatic rings. The zero-order valence-corrected chi connectivity index (χ0v) is 32.1. The van der Waals surface area contributed by atoms with Gasteiger partial charge in [0.05, 0.1) is 28.2 Å². The van der Waals surface area contributed by atoms with Gasteiger partial charge in [0, 0.05) is 11.3 Å². The molecular formula is C48H38N4O5S. The van der Waals surface area contributed by atoms with Crippen molar-refractivity contribution in [3.05, 3.63) is 167 Å². The second-order valence-electron chi connectivity index (χ2n) is 15.3. The molecule has 286 valence electrons. The van der Waals surface area contributed by atoms with Crippen LogP contribution in [0.4, 0.5) is 10.8 Å². The number of nitrogens with one attached hydrogen (secondary N) is 2. The molecule has 0 bridgehead atoms. The quantitative estimate of drug-likeness (QED) is 0.118. The van der Waals surface area contributed by atoms with Gasteiger partial charge in [0.1, 0.15) is 23.3 Å². The number of aromatic hydroxyl groups is 1. The molecule has 2 amide bonds. The first-order valence-electron chi connectivity index (χ1n) is 19.6. The number of carbonyl (C=O) groups is 3. The Hall–Kier alpha value is -6.54. The molecule has 10 heteroatoms. The summed E-state index contributed by atoms with van der Waals surface area (Å²) in [7, 11) is 0. The van der Waals surface area contributed by atoms with Crippen LogP contribution in [0.25, 0.3) is 10.2 Å². The van der Waals surface area contributed by atoms with E-state index in [1.54, 1.807) is 24.3 Å². The van der Waals surface area contributed by atoms with E-state index in [1.165, 1.54) is 11.3 Å². The monoisotopic (exact) mass is 782 g/mol.